The van der Waals surface area contributed by atoms with Crippen LogP contribution in [0, 0.1) is 11.7 Å². The quantitative estimate of drug-likeness (QED) is 0.849. The van der Waals surface area contributed by atoms with Gasteiger partial charge in [0.25, 0.3) is 0 Å². The molecule has 2 unspecified atom stereocenters. The van der Waals surface area contributed by atoms with Crippen LogP contribution >= 0.6 is 0 Å². The second-order valence-corrected chi connectivity index (χ2v) is 4.71. The van der Waals surface area contributed by atoms with Crippen LogP contribution in [-0.2, 0) is 4.79 Å². The summed E-state index contributed by atoms with van der Waals surface area (Å²) in [5, 5.41) is 12.4. The molecule has 2 rings (SSSR count). The molecule has 92 valence electrons. The highest BCUT2D eigenvalue weighted by atomic mass is 19.1. The van der Waals surface area contributed by atoms with Crippen molar-refractivity contribution in [3.8, 4) is 0 Å². The molecule has 0 heterocycles. The normalized spacial score (nSPS) is 28.0. The maximum absolute atomic E-state index is 13.1. The van der Waals surface area contributed by atoms with Gasteiger partial charge in [-0.3, -0.25) is 0 Å². The summed E-state index contributed by atoms with van der Waals surface area (Å²) in [7, 11) is 0. The summed E-state index contributed by atoms with van der Waals surface area (Å²) in [5.41, 5.74) is -0.422. The average molecular weight is 237 g/mol. The van der Waals surface area contributed by atoms with Crippen molar-refractivity contribution in [2.24, 2.45) is 5.92 Å². The van der Waals surface area contributed by atoms with Crippen molar-refractivity contribution in [2.45, 2.75) is 31.7 Å². The Balaban J connectivity index is 2.28. The number of hydrogen-bond acceptors (Lipinski definition) is 2. The average Bonchev–Trinajstić information content (AvgIpc) is 2.61. The Bertz CT molecular complexity index is 435. The SMILES string of the molecule is CC1CCCC1(Nc1cccc(F)c1)C(=O)O. The predicted octanol–water partition coefficient (Wildman–Crippen LogP) is 2.88. The topological polar surface area (TPSA) is 49.3 Å². The molecule has 1 saturated carbocycles. The highest BCUT2D eigenvalue weighted by Gasteiger charge is 2.47. The fourth-order valence-corrected chi connectivity index (χ4v) is 2.56. The summed E-state index contributed by atoms with van der Waals surface area (Å²) in [6.07, 6.45) is 2.35. The molecule has 0 aromatic heterocycles. The molecule has 0 aliphatic heterocycles. The van der Waals surface area contributed by atoms with Crippen molar-refractivity contribution in [2.75, 3.05) is 5.32 Å². The van der Waals surface area contributed by atoms with Gasteiger partial charge in [0.1, 0.15) is 11.4 Å². The first-order chi connectivity index (χ1) is 8.04. The first-order valence-electron chi connectivity index (χ1n) is 5.82. The van der Waals surface area contributed by atoms with E-state index in [0.29, 0.717) is 12.1 Å². The van der Waals surface area contributed by atoms with E-state index in [1.807, 2.05) is 6.92 Å². The zero-order valence-corrected chi connectivity index (χ0v) is 9.74. The Morgan fingerprint density at radius 3 is 2.88 bits per heavy atom. The lowest BCUT2D eigenvalue weighted by molar-refractivity contribution is -0.143. The van der Waals surface area contributed by atoms with Gasteiger partial charge in [-0.05, 0) is 37.0 Å². The maximum atomic E-state index is 13.1. The van der Waals surface area contributed by atoms with E-state index >= 15 is 0 Å². The fourth-order valence-electron chi connectivity index (χ4n) is 2.56. The standard InChI is InChI=1S/C13H16FNO2/c1-9-4-3-7-13(9,12(16)17)15-11-6-2-5-10(14)8-11/h2,5-6,8-9,15H,3-4,7H2,1H3,(H,16,17). The third-order valence-electron chi connectivity index (χ3n) is 3.62. The molecule has 2 atom stereocenters. The molecule has 2 N–H and O–H groups in total. The van der Waals surface area contributed by atoms with Crippen LogP contribution < -0.4 is 5.32 Å². The second kappa shape index (κ2) is 4.35. The Morgan fingerprint density at radius 2 is 2.35 bits per heavy atom. The molecule has 0 saturated heterocycles. The van der Waals surface area contributed by atoms with E-state index in [4.69, 9.17) is 0 Å². The van der Waals surface area contributed by atoms with E-state index in [9.17, 15) is 14.3 Å². The third kappa shape index (κ3) is 2.12. The highest BCUT2D eigenvalue weighted by Crippen LogP contribution is 2.38. The summed E-state index contributed by atoms with van der Waals surface area (Å²) in [4.78, 5) is 11.5. The first kappa shape index (κ1) is 11.9. The van der Waals surface area contributed by atoms with Crippen molar-refractivity contribution < 1.29 is 14.3 Å². The van der Waals surface area contributed by atoms with E-state index < -0.39 is 11.5 Å². The third-order valence-corrected chi connectivity index (χ3v) is 3.62. The minimum absolute atomic E-state index is 0.0447. The van der Waals surface area contributed by atoms with Crippen molar-refractivity contribution >= 4 is 11.7 Å². The Kier molecular flexibility index (Phi) is 3.05. The van der Waals surface area contributed by atoms with Crippen molar-refractivity contribution in [1.82, 2.24) is 0 Å². The molecule has 1 aromatic carbocycles. The second-order valence-electron chi connectivity index (χ2n) is 4.71. The van der Waals surface area contributed by atoms with Crippen LogP contribution in [-0.4, -0.2) is 16.6 Å². The van der Waals surface area contributed by atoms with Gasteiger partial charge >= 0.3 is 5.97 Å². The first-order valence-corrected chi connectivity index (χ1v) is 5.82. The number of rotatable bonds is 3. The van der Waals surface area contributed by atoms with Crippen LogP contribution in [0.25, 0.3) is 0 Å². The minimum atomic E-state index is -0.951. The van der Waals surface area contributed by atoms with E-state index in [1.165, 1.54) is 12.1 Å². The zero-order valence-electron chi connectivity index (χ0n) is 9.74. The summed E-state index contributed by atoms with van der Waals surface area (Å²) >= 11 is 0. The van der Waals surface area contributed by atoms with Crippen LogP contribution in [0.5, 0.6) is 0 Å². The van der Waals surface area contributed by atoms with E-state index in [1.54, 1.807) is 12.1 Å². The molecule has 1 fully saturated rings. The number of hydrogen-bond donors (Lipinski definition) is 2. The molecular formula is C13H16FNO2. The molecular weight excluding hydrogens is 221 g/mol. The van der Waals surface area contributed by atoms with Crippen molar-refractivity contribution in [1.29, 1.82) is 0 Å². The molecule has 4 heteroatoms. The molecule has 0 radical (unpaired) electrons. The molecule has 17 heavy (non-hydrogen) atoms. The monoisotopic (exact) mass is 237 g/mol. The summed E-state index contributed by atoms with van der Waals surface area (Å²) < 4.78 is 13.1. The van der Waals surface area contributed by atoms with Crippen molar-refractivity contribution in [3.05, 3.63) is 30.1 Å². The van der Waals surface area contributed by atoms with Gasteiger partial charge in [0.05, 0.1) is 0 Å². The molecule has 0 amide bonds. The largest absolute Gasteiger partial charge is 0.479 e. The minimum Gasteiger partial charge on any atom is -0.479 e. The number of nitrogens with one attached hydrogen (secondary N) is 1. The molecule has 3 nitrogen and oxygen atoms in total. The van der Waals surface area contributed by atoms with Crippen LogP contribution in [0.4, 0.5) is 10.1 Å². The van der Waals surface area contributed by atoms with Gasteiger partial charge in [-0.2, -0.15) is 0 Å². The number of aliphatic carboxylic acids is 1. The number of carboxylic acid groups (broad SMARTS) is 1. The molecule has 0 spiro atoms. The van der Waals surface area contributed by atoms with Gasteiger partial charge in [0, 0.05) is 5.69 Å². The lowest BCUT2D eigenvalue weighted by Gasteiger charge is -2.31. The van der Waals surface area contributed by atoms with Crippen LogP contribution in [0.1, 0.15) is 26.2 Å². The van der Waals surface area contributed by atoms with Gasteiger partial charge in [0.15, 0.2) is 0 Å². The summed E-state index contributed by atoms with van der Waals surface area (Å²) in [6.45, 7) is 1.92. The molecule has 1 aromatic rings. The number of anilines is 1. The van der Waals surface area contributed by atoms with Crippen LogP contribution in [0.3, 0.4) is 0 Å². The molecule has 1 aliphatic rings. The number of halogens is 1. The van der Waals surface area contributed by atoms with Gasteiger partial charge in [-0.1, -0.05) is 19.4 Å². The fraction of sp³-hybridized carbons (Fsp3) is 0.462. The zero-order chi connectivity index (χ0) is 12.5. The van der Waals surface area contributed by atoms with Gasteiger partial charge in [-0.25, -0.2) is 9.18 Å². The molecule has 0 bridgehead atoms. The highest BCUT2D eigenvalue weighted by molar-refractivity contribution is 5.83. The van der Waals surface area contributed by atoms with Gasteiger partial charge < -0.3 is 10.4 Å². The van der Waals surface area contributed by atoms with Crippen molar-refractivity contribution in [3.63, 3.8) is 0 Å². The number of carbonyl (C=O) groups is 1. The Morgan fingerprint density at radius 1 is 1.59 bits per heavy atom. The van der Waals surface area contributed by atoms with Crippen LogP contribution in [0.2, 0.25) is 0 Å². The summed E-state index contributed by atoms with van der Waals surface area (Å²) in [5.74, 6) is -1.17. The van der Waals surface area contributed by atoms with Crippen LogP contribution in [0.15, 0.2) is 24.3 Å². The lowest BCUT2D eigenvalue weighted by Crippen LogP contribution is -2.48. The smallest absolute Gasteiger partial charge is 0.329 e. The summed E-state index contributed by atoms with van der Waals surface area (Å²) in [6, 6.07) is 5.94. The van der Waals surface area contributed by atoms with Gasteiger partial charge in [-0.15, -0.1) is 0 Å². The molecule has 1 aliphatic carbocycles. The Hall–Kier alpha value is -1.58. The number of carboxylic acids is 1. The van der Waals surface area contributed by atoms with E-state index in [-0.39, 0.29) is 11.7 Å². The van der Waals surface area contributed by atoms with E-state index in [0.717, 1.165) is 12.8 Å². The lowest BCUT2D eigenvalue weighted by atomic mass is 9.88. The van der Waals surface area contributed by atoms with E-state index in [2.05, 4.69) is 5.32 Å². The predicted molar refractivity (Wildman–Crippen MR) is 63.4 cm³/mol. The number of benzene rings is 1. The maximum Gasteiger partial charge on any atom is 0.329 e. The Labute approximate surface area is 99.7 Å². The van der Waals surface area contributed by atoms with Gasteiger partial charge in [0.2, 0.25) is 0 Å².